The molecule has 1 aromatic carbocycles. The van der Waals surface area contributed by atoms with Crippen LogP contribution in [0.2, 0.25) is 0 Å². The predicted molar refractivity (Wildman–Crippen MR) is 140 cm³/mol. The number of hydrogen-bond donors (Lipinski definition) is 0. The highest BCUT2D eigenvalue weighted by Crippen LogP contribution is 2.15. The third-order valence-electron chi connectivity index (χ3n) is 5.32. The Balaban J connectivity index is 1.78. The van der Waals surface area contributed by atoms with Crippen molar-refractivity contribution in [3.8, 4) is 5.75 Å². The summed E-state index contributed by atoms with van der Waals surface area (Å²) in [7, 11) is 0. The van der Waals surface area contributed by atoms with Gasteiger partial charge in [-0.3, -0.25) is 0 Å². The Morgan fingerprint density at radius 1 is 0.500 bits per heavy atom. The molecule has 0 fully saturated rings. The zero-order valence-electron chi connectivity index (χ0n) is 22.4. The summed E-state index contributed by atoms with van der Waals surface area (Å²) in [6, 6.07) is 8.41. The second-order valence-electron chi connectivity index (χ2n) is 8.37. The van der Waals surface area contributed by atoms with Crippen molar-refractivity contribution in [2.24, 2.45) is 0 Å². The van der Waals surface area contributed by atoms with Gasteiger partial charge in [0.05, 0.1) is 79.3 Å². The summed E-state index contributed by atoms with van der Waals surface area (Å²) < 4.78 is 49.6. The molecule has 0 spiro atoms. The van der Waals surface area contributed by atoms with Gasteiger partial charge in [0.2, 0.25) is 0 Å². The van der Waals surface area contributed by atoms with Crippen molar-refractivity contribution >= 4 is 0 Å². The third kappa shape index (κ3) is 21.9. The van der Waals surface area contributed by atoms with E-state index < -0.39 is 6.67 Å². The Bertz CT molecular complexity index is 559. The fourth-order valence-electron chi connectivity index (χ4n) is 3.34. The van der Waals surface area contributed by atoms with Crippen molar-refractivity contribution in [3.05, 3.63) is 29.8 Å². The molecule has 7 nitrogen and oxygen atoms in total. The highest BCUT2D eigenvalue weighted by Gasteiger charge is 1.98. The average molecular weight is 517 g/mol. The van der Waals surface area contributed by atoms with Gasteiger partial charge in [0.25, 0.3) is 0 Å². The molecule has 210 valence electrons. The number of unbranched alkanes of at least 4 members (excludes halogenated alkanes) is 5. The van der Waals surface area contributed by atoms with Gasteiger partial charge in [-0.1, -0.05) is 51.2 Å². The topological polar surface area (TPSA) is 64.6 Å². The number of aryl methyl sites for hydroxylation is 1. The SMILES string of the molecule is CCCCCCCCc1ccc(OCCOCCOCCOCCOCCOCCOCCF)cc1. The molecule has 0 unspecified atom stereocenters. The fraction of sp³-hybridized carbons (Fsp3) is 0.786. The number of halogens is 1. The van der Waals surface area contributed by atoms with Crippen LogP contribution in [-0.4, -0.2) is 92.6 Å². The van der Waals surface area contributed by atoms with Crippen LogP contribution in [0.1, 0.15) is 51.0 Å². The Morgan fingerprint density at radius 2 is 0.917 bits per heavy atom. The van der Waals surface area contributed by atoms with Crippen molar-refractivity contribution in [2.75, 3.05) is 92.6 Å². The zero-order valence-corrected chi connectivity index (χ0v) is 22.4. The lowest BCUT2D eigenvalue weighted by atomic mass is 10.0. The normalized spacial score (nSPS) is 11.3. The van der Waals surface area contributed by atoms with Gasteiger partial charge >= 0.3 is 0 Å². The Morgan fingerprint density at radius 3 is 1.39 bits per heavy atom. The van der Waals surface area contributed by atoms with E-state index in [1.54, 1.807) is 0 Å². The molecule has 0 amide bonds. The molecular weight excluding hydrogens is 467 g/mol. The van der Waals surface area contributed by atoms with Gasteiger partial charge in [0.15, 0.2) is 0 Å². The van der Waals surface area contributed by atoms with Crippen molar-refractivity contribution in [1.29, 1.82) is 0 Å². The summed E-state index contributed by atoms with van der Waals surface area (Å²) >= 11 is 0. The standard InChI is InChI=1S/C28H49FO7/c1-2-3-4-5-6-7-8-27-9-11-28(12-10-27)36-26-25-35-24-23-34-22-21-33-20-19-32-18-17-31-16-15-30-14-13-29/h9-12H,2-8,13-26H2,1H3. The van der Waals surface area contributed by atoms with Crippen molar-refractivity contribution in [2.45, 2.75) is 51.9 Å². The van der Waals surface area contributed by atoms with Crippen LogP contribution in [0.3, 0.4) is 0 Å². The van der Waals surface area contributed by atoms with E-state index in [2.05, 4.69) is 19.1 Å². The summed E-state index contributed by atoms with van der Waals surface area (Å²) in [5.74, 6) is 0.884. The minimum absolute atomic E-state index is 0.123. The number of ether oxygens (including phenoxy) is 7. The summed E-state index contributed by atoms with van der Waals surface area (Å²) in [6.07, 6.45) is 9.10. The Kier molecular flexibility index (Phi) is 24.3. The molecule has 0 aliphatic heterocycles. The fourth-order valence-corrected chi connectivity index (χ4v) is 3.34. The van der Waals surface area contributed by atoms with E-state index in [0.717, 1.165) is 12.2 Å². The minimum Gasteiger partial charge on any atom is -0.491 e. The van der Waals surface area contributed by atoms with Crippen molar-refractivity contribution in [1.82, 2.24) is 0 Å². The molecule has 1 rings (SSSR count). The second kappa shape index (κ2) is 26.8. The molecule has 1 aromatic rings. The van der Waals surface area contributed by atoms with Crippen LogP contribution in [0, 0.1) is 0 Å². The van der Waals surface area contributed by atoms with Gasteiger partial charge in [-0.2, -0.15) is 0 Å². The van der Waals surface area contributed by atoms with E-state index >= 15 is 0 Å². The van der Waals surface area contributed by atoms with E-state index in [9.17, 15) is 4.39 Å². The second-order valence-corrected chi connectivity index (χ2v) is 8.37. The van der Waals surface area contributed by atoms with Crippen molar-refractivity contribution in [3.63, 3.8) is 0 Å². The largest absolute Gasteiger partial charge is 0.491 e. The van der Waals surface area contributed by atoms with Gasteiger partial charge in [0, 0.05) is 0 Å². The molecule has 36 heavy (non-hydrogen) atoms. The first-order valence-corrected chi connectivity index (χ1v) is 13.6. The molecule has 0 radical (unpaired) electrons. The Hall–Kier alpha value is -1.29. The monoisotopic (exact) mass is 516 g/mol. The molecule has 0 bridgehead atoms. The van der Waals surface area contributed by atoms with Gasteiger partial charge in [-0.15, -0.1) is 0 Å². The summed E-state index contributed by atoms with van der Waals surface area (Å²) in [4.78, 5) is 0. The van der Waals surface area contributed by atoms with Crippen LogP contribution >= 0.6 is 0 Å². The molecule has 0 saturated carbocycles. The maximum atomic E-state index is 11.8. The quantitative estimate of drug-likeness (QED) is 0.145. The van der Waals surface area contributed by atoms with Gasteiger partial charge in [-0.25, -0.2) is 4.39 Å². The zero-order chi connectivity index (χ0) is 25.8. The van der Waals surface area contributed by atoms with Gasteiger partial charge in [0.1, 0.15) is 19.0 Å². The molecule has 0 aliphatic rings. The number of rotatable bonds is 28. The minimum atomic E-state index is -0.466. The Labute approximate surface area is 217 Å². The molecule has 0 heterocycles. The highest BCUT2D eigenvalue weighted by molar-refractivity contribution is 5.27. The summed E-state index contributed by atoms with van der Waals surface area (Å²) in [5.41, 5.74) is 1.38. The maximum Gasteiger partial charge on any atom is 0.119 e. The summed E-state index contributed by atoms with van der Waals surface area (Å²) in [5, 5.41) is 0. The van der Waals surface area contributed by atoms with Crippen LogP contribution in [-0.2, 0) is 34.8 Å². The number of benzene rings is 1. The first-order valence-electron chi connectivity index (χ1n) is 13.6. The molecule has 0 N–H and O–H groups in total. The predicted octanol–water partition coefficient (Wildman–Crippen LogP) is 5.04. The number of hydrogen-bond acceptors (Lipinski definition) is 7. The smallest absolute Gasteiger partial charge is 0.119 e. The van der Waals surface area contributed by atoms with Crippen LogP contribution in [0.15, 0.2) is 24.3 Å². The van der Waals surface area contributed by atoms with Crippen LogP contribution in [0.25, 0.3) is 0 Å². The summed E-state index contributed by atoms with van der Waals surface area (Å²) in [6.45, 7) is 7.91. The van der Waals surface area contributed by atoms with E-state index in [1.165, 1.54) is 44.1 Å². The average Bonchev–Trinajstić information content (AvgIpc) is 2.90. The third-order valence-corrected chi connectivity index (χ3v) is 5.32. The van der Waals surface area contributed by atoms with E-state index in [-0.39, 0.29) is 6.61 Å². The first-order chi connectivity index (χ1) is 17.9. The molecule has 0 saturated heterocycles. The van der Waals surface area contributed by atoms with Gasteiger partial charge in [-0.05, 0) is 30.5 Å². The maximum absolute atomic E-state index is 11.8. The highest BCUT2D eigenvalue weighted by atomic mass is 19.1. The van der Waals surface area contributed by atoms with E-state index in [4.69, 9.17) is 33.2 Å². The van der Waals surface area contributed by atoms with Crippen LogP contribution < -0.4 is 4.74 Å². The first kappa shape index (κ1) is 32.7. The van der Waals surface area contributed by atoms with E-state index in [1.807, 2.05) is 12.1 Å². The lowest BCUT2D eigenvalue weighted by molar-refractivity contribution is -0.0181. The molecule has 0 aromatic heterocycles. The van der Waals surface area contributed by atoms with Gasteiger partial charge < -0.3 is 33.2 Å². The lowest BCUT2D eigenvalue weighted by Gasteiger charge is -2.09. The molecular formula is C28H49FO7. The molecule has 8 heteroatoms. The van der Waals surface area contributed by atoms with Crippen LogP contribution in [0.4, 0.5) is 4.39 Å². The van der Waals surface area contributed by atoms with E-state index in [0.29, 0.717) is 79.3 Å². The van der Waals surface area contributed by atoms with Crippen LogP contribution in [0.5, 0.6) is 5.75 Å². The number of alkyl halides is 1. The lowest BCUT2D eigenvalue weighted by Crippen LogP contribution is -2.15. The van der Waals surface area contributed by atoms with Crippen molar-refractivity contribution < 1.29 is 37.5 Å². The molecule has 0 atom stereocenters. The molecule has 0 aliphatic carbocycles.